The monoisotopic (exact) mass is 353 g/mol. The van der Waals surface area contributed by atoms with Gasteiger partial charge in [0, 0.05) is 16.0 Å². The number of aryl methyl sites for hydroxylation is 2. The van der Waals surface area contributed by atoms with Gasteiger partial charge < -0.3 is 4.74 Å². The molecule has 3 rings (SSSR count). The molecule has 0 saturated heterocycles. The molecule has 0 aliphatic heterocycles. The summed E-state index contributed by atoms with van der Waals surface area (Å²) in [6.07, 6.45) is 0. The molecule has 0 fully saturated rings. The van der Waals surface area contributed by atoms with Crippen LogP contribution in [0.2, 0.25) is 5.02 Å². The SMILES string of the molecule is Cc1ccc(C(=O)COC(=O)c2cc3cc(Cl)ccc3nc2C)cc1. The van der Waals surface area contributed by atoms with Crippen molar-refractivity contribution in [3.8, 4) is 0 Å². The molecule has 0 unspecified atom stereocenters. The summed E-state index contributed by atoms with van der Waals surface area (Å²) in [5.74, 6) is -0.824. The van der Waals surface area contributed by atoms with Crippen LogP contribution in [-0.4, -0.2) is 23.3 Å². The summed E-state index contributed by atoms with van der Waals surface area (Å²) in [6.45, 7) is 3.36. The molecule has 0 aliphatic carbocycles. The second-order valence-corrected chi connectivity index (χ2v) is 6.26. The van der Waals surface area contributed by atoms with Crippen LogP contribution < -0.4 is 0 Å². The lowest BCUT2D eigenvalue weighted by atomic mass is 10.1. The molecule has 2 aromatic carbocycles. The summed E-state index contributed by atoms with van der Waals surface area (Å²) in [4.78, 5) is 28.8. The number of rotatable bonds is 4. The van der Waals surface area contributed by atoms with Crippen LogP contribution in [0.25, 0.3) is 10.9 Å². The van der Waals surface area contributed by atoms with Gasteiger partial charge in [0.1, 0.15) is 0 Å². The molecule has 1 aromatic heterocycles. The van der Waals surface area contributed by atoms with E-state index >= 15 is 0 Å². The molecule has 126 valence electrons. The minimum absolute atomic E-state index is 0.247. The molecule has 25 heavy (non-hydrogen) atoms. The Morgan fingerprint density at radius 2 is 1.76 bits per heavy atom. The van der Waals surface area contributed by atoms with E-state index in [1.165, 1.54) is 0 Å². The molecule has 0 N–H and O–H groups in total. The number of benzene rings is 2. The van der Waals surface area contributed by atoms with Gasteiger partial charge in [0.15, 0.2) is 12.4 Å². The molecule has 0 saturated carbocycles. The quantitative estimate of drug-likeness (QED) is 0.510. The van der Waals surface area contributed by atoms with Gasteiger partial charge in [0.25, 0.3) is 0 Å². The van der Waals surface area contributed by atoms with Gasteiger partial charge in [0.2, 0.25) is 0 Å². The Labute approximate surface area is 150 Å². The average Bonchev–Trinajstić information content (AvgIpc) is 2.59. The van der Waals surface area contributed by atoms with E-state index in [1.54, 1.807) is 43.3 Å². The normalized spacial score (nSPS) is 10.7. The largest absolute Gasteiger partial charge is 0.454 e. The van der Waals surface area contributed by atoms with Gasteiger partial charge in [-0.15, -0.1) is 0 Å². The first-order valence-corrected chi connectivity index (χ1v) is 8.16. The van der Waals surface area contributed by atoms with Gasteiger partial charge in [-0.1, -0.05) is 41.4 Å². The summed E-state index contributed by atoms with van der Waals surface area (Å²) in [5, 5.41) is 1.31. The average molecular weight is 354 g/mol. The lowest BCUT2D eigenvalue weighted by Crippen LogP contribution is -2.15. The fourth-order valence-corrected chi connectivity index (χ4v) is 2.66. The molecule has 5 heteroatoms. The van der Waals surface area contributed by atoms with Crippen molar-refractivity contribution >= 4 is 34.3 Å². The predicted molar refractivity (Wildman–Crippen MR) is 97.3 cm³/mol. The number of hydrogen-bond acceptors (Lipinski definition) is 4. The molecule has 0 amide bonds. The van der Waals surface area contributed by atoms with Crippen molar-refractivity contribution in [1.29, 1.82) is 0 Å². The van der Waals surface area contributed by atoms with Crippen molar-refractivity contribution in [3.63, 3.8) is 0 Å². The maximum atomic E-state index is 12.3. The third-order valence-corrected chi connectivity index (χ3v) is 4.13. The predicted octanol–water partition coefficient (Wildman–Crippen LogP) is 4.54. The first-order chi connectivity index (χ1) is 11.9. The molecular formula is C20H16ClNO3. The van der Waals surface area contributed by atoms with Gasteiger partial charge in [-0.05, 0) is 38.1 Å². The molecule has 0 aliphatic rings. The van der Waals surface area contributed by atoms with E-state index < -0.39 is 5.97 Å². The Kier molecular flexibility index (Phi) is 4.81. The Hall–Kier alpha value is -2.72. The fraction of sp³-hybridized carbons (Fsp3) is 0.150. The molecular weight excluding hydrogens is 338 g/mol. The van der Waals surface area contributed by atoms with Crippen molar-refractivity contribution in [2.45, 2.75) is 13.8 Å². The van der Waals surface area contributed by atoms with Gasteiger partial charge in [-0.3, -0.25) is 9.78 Å². The highest BCUT2D eigenvalue weighted by Gasteiger charge is 2.15. The fourth-order valence-electron chi connectivity index (χ4n) is 2.48. The van der Waals surface area contributed by atoms with Crippen LogP contribution in [0.3, 0.4) is 0 Å². The second-order valence-electron chi connectivity index (χ2n) is 5.82. The Bertz CT molecular complexity index is 965. The number of fused-ring (bicyclic) bond motifs is 1. The van der Waals surface area contributed by atoms with E-state index in [0.29, 0.717) is 21.8 Å². The van der Waals surface area contributed by atoms with Crippen molar-refractivity contribution < 1.29 is 14.3 Å². The Morgan fingerprint density at radius 3 is 2.48 bits per heavy atom. The smallest absolute Gasteiger partial charge is 0.340 e. The summed E-state index contributed by atoms with van der Waals surface area (Å²) in [5.41, 5.74) is 3.19. The standard InChI is InChI=1S/C20H16ClNO3/c1-12-3-5-14(6-4-12)19(23)11-25-20(24)17-10-15-9-16(21)7-8-18(15)22-13(17)2/h3-10H,11H2,1-2H3. The third-order valence-electron chi connectivity index (χ3n) is 3.90. The molecule has 0 bridgehead atoms. The number of ether oxygens (including phenoxy) is 1. The minimum Gasteiger partial charge on any atom is -0.454 e. The molecule has 3 aromatic rings. The lowest BCUT2D eigenvalue weighted by Gasteiger charge is -2.08. The van der Waals surface area contributed by atoms with Crippen LogP contribution in [0.1, 0.15) is 32.0 Å². The third kappa shape index (κ3) is 3.86. The van der Waals surface area contributed by atoms with Crippen molar-refractivity contribution in [1.82, 2.24) is 4.98 Å². The number of carbonyl (C=O) groups excluding carboxylic acids is 2. The van der Waals surface area contributed by atoms with E-state index in [0.717, 1.165) is 16.5 Å². The van der Waals surface area contributed by atoms with E-state index in [4.69, 9.17) is 16.3 Å². The van der Waals surface area contributed by atoms with Crippen LogP contribution in [0.15, 0.2) is 48.5 Å². The maximum absolute atomic E-state index is 12.3. The first-order valence-electron chi connectivity index (χ1n) is 7.78. The summed E-state index contributed by atoms with van der Waals surface area (Å²) >= 11 is 5.98. The number of Topliss-reactive ketones (excluding diaryl/α,β-unsaturated/α-hetero) is 1. The lowest BCUT2D eigenvalue weighted by molar-refractivity contribution is 0.0473. The highest BCUT2D eigenvalue weighted by Crippen LogP contribution is 2.21. The van der Waals surface area contributed by atoms with Crippen molar-refractivity contribution in [3.05, 3.63) is 75.9 Å². The molecule has 1 heterocycles. The molecule has 0 spiro atoms. The maximum Gasteiger partial charge on any atom is 0.340 e. The highest BCUT2D eigenvalue weighted by molar-refractivity contribution is 6.31. The molecule has 0 atom stereocenters. The first kappa shape index (κ1) is 17.1. The summed E-state index contributed by atoms with van der Waals surface area (Å²) < 4.78 is 5.17. The van der Waals surface area contributed by atoms with Crippen LogP contribution in [0.4, 0.5) is 0 Å². The molecule has 0 radical (unpaired) electrons. The minimum atomic E-state index is -0.577. The highest BCUT2D eigenvalue weighted by atomic mass is 35.5. The van der Waals surface area contributed by atoms with E-state index in [9.17, 15) is 9.59 Å². The van der Waals surface area contributed by atoms with Crippen LogP contribution in [0.5, 0.6) is 0 Å². The van der Waals surface area contributed by atoms with Crippen molar-refractivity contribution in [2.24, 2.45) is 0 Å². The van der Waals surface area contributed by atoms with Gasteiger partial charge in [0.05, 0.1) is 16.8 Å². The van der Waals surface area contributed by atoms with Crippen LogP contribution in [-0.2, 0) is 4.74 Å². The number of pyridine rings is 1. The topological polar surface area (TPSA) is 56.3 Å². The number of hydrogen-bond donors (Lipinski definition) is 0. The van der Waals surface area contributed by atoms with Gasteiger partial charge >= 0.3 is 5.97 Å². The van der Waals surface area contributed by atoms with E-state index in [2.05, 4.69) is 4.98 Å². The zero-order valence-corrected chi connectivity index (χ0v) is 14.6. The van der Waals surface area contributed by atoms with Gasteiger partial charge in [-0.2, -0.15) is 0 Å². The van der Waals surface area contributed by atoms with Crippen LogP contribution >= 0.6 is 11.6 Å². The van der Waals surface area contributed by atoms with Crippen molar-refractivity contribution in [2.75, 3.05) is 6.61 Å². The van der Waals surface area contributed by atoms with Gasteiger partial charge in [-0.25, -0.2) is 4.79 Å². The number of carbonyl (C=O) groups is 2. The molecule has 4 nitrogen and oxygen atoms in total. The van der Waals surface area contributed by atoms with Crippen LogP contribution in [0, 0.1) is 13.8 Å². The number of nitrogens with zero attached hydrogens (tertiary/aromatic N) is 1. The number of ketones is 1. The number of esters is 1. The number of aromatic nitrogens is 1. The Morgan fingerprint density at radius 1 is 1.04 bits per heavy atom. The zero-order valence-electron chi connectivity index (χ0n) is 13.9. The summed E-state index contributed by atoms with van der Waals surface area (Å²) in [7, 11) is 0. The van der Waals surface area contributed by atoms with E-state index in [-0.39, 0.29) is 12.4 Å². The zero-order chi connectivity index (χ0) is 18.0. The summed E-state index contributed by atoms with van der Waals surface area (Å²) in [6, 6.07) is 14.1. The number of halogens is 1. The van der Waals surface area contributed by atoms with E-state index in [1.807, 2.05) is 19.1 Å². The second kappa shape index (κ2) is 7.03. The Balaban J connectivity index is 1.76.